The molecule has 0 bridgehead atoms. The Bertz CT molecular complexity index is 1880. The van der Waals surface area contributed by atoms with E-state index in [2.05, 4.69) is 87.5 Å². The average Bonchev–Trinajstić information content (AvgIpc) is 3.19. The number of halogens is 1. The molecule has 1 aliphatic rings. The first-order valence-electron chi connectivity index (χ1n) is 13.6. The predicted molar refractivity (Wildman–Crippen MR) is 163 cm³/mol. The van der Waals surface area contributed by atoms with Gasteiger partial charge in [-0.2, -0.15) is 0 Å². The Labute approximate surface area is 229 Å². The van der Waals surface area contributed by atoms with Crippen LogP contribution in [0, 0.1) is 12.7 Å². The van der Waals surface area contributed by atoms with Gasteiger partial charge in [-0.15, -0.1) is 0 Å². The first-order valence-corrected chi connectivity index (χ1v) is 13.6. The van der Waals surface area contributed by atoms with E-state index in [0.717, 1.165) is 33.2 Å². The largest absolute Gasteiger partial charge is 0.206 e. The van der Waals surface area contributed by atoms with Gasteiger partial charge in [-0.05, 0) is 86.0 Å². The van der Waals surface area contributed by atoms with E-state index in [0.29, 0.717) is 5.56 Å². The summed E-state index contributed by atoms with van der Waals surface area (Å²) in [5.74, 6) is -0.204. The van der Waals surface area contributed by atoms with Crippen LogP contribution in [0.5, 0.6) is 0 Å². The smallest absolute Gasteiger partial charge is 0.132 e. The molecule has 0 amide bonds. The highest BCUT2D eigenvalue weighted by Crippen LogP contribution is 2.54. The van der Waals surface area contributed by atoms with Crippen LogP contribution in [-0.2, 0) is 5.41 Å². The molecule has 0 atom stereocenters. The third-order valence-electron chi connectivity index (χ3n) is 8.39. The van der Waals surface area contributed by atoms with Crippen molar-refractivity contribution in [1.29, 1.82) is 0 Å². The molecule has 6 aromatic carbocycles. The lowest BCUT2D eigenvalue weighted by Crippen LogP contribution is -2.15. The summed E-state index contributed by atoms with van der Waals surface area (Å²) in [5, 5.41) is 2.25. The Kier molecular flexibility index (Phi) is 5.32. The van der Waals surface area contributed by atoms with Gasteiger partial charge in [0.2, 0.25) is 0 Å². The van der Waals surface area contributed by atoms with Gasteiger partial charge in [0, 0.05) is 11.0 Å². The van der Waals surface area contributed by atoms with E-state index in [1.807, 2.05) is 48.5 Å². The van der Waals surface area contributed by atoms with E-state index in [1.54, 1.807) is 6.07 Å². The summed E-state index contributed by atoms with van der Waals surface area (Å²) < 4.78 is 16.6. The van der Waals surface area contributed by atoms with Gasteiger partial charge in [0.05, 0.1) is 0 Å². The number of aryl methyl sites for hydroxylation is 1. The summed E-state index contributed by atoms with van der Waals surface area (Å²) in [6.45, 7) is 6.74. The van der Waals surface area contributed by atoms with Crippen molar-refractivity contribution in [3.8, 4) is 44.5 Å². The minimum absolute atomic E-state index is 0.192. The SMILES string of the molecule is Cc1ccc2c(c1)C(C)(C)c1cc(-c3c(F)cc(-c4ccccc4)cc3-c3ccccc3)c3ccccc3c1-2. The van der Waals surface area contributed by atoms with Crippen LogP contribution in [0.25, 0.3) is 55.3 Å². The summed E-state index contributed by atoms with van der Waals surface area (Å²) in [5.41, 5.74) is 11.6. The van der Waals surface area contributed by atoms with Crippen LogP contribution in [0.15, 0.2) is 121 Å². The fourth-order valence-corrected chi connectivity index (χ4v) is 6.43. The highest BCUT2D eigenvalue weighted by Gasteiger charge is 2.37. The summed E-state index contributed by atoms with van der Waals surface area (Å²) in [6, 6.07) is 41.6. The van der Waals surface area contributed by atoms with Crippen molar-refractivity contribution in [2.75, 3.05) is 0 Å². The lowest BCUT2D eigenvalue weighted by atomic mass is 9.79. The second-order valence-electron chi connectivity index (χ2n) is 11.2. The fourth-order valence-electron chi connectivity index (χ4n) is 6.43. The number of hydrogen-bond acceptors (Lipinski definition) is 0. The third-order valence-corrected chi connectivity index (χ3v) is 8.39. The molecular formula is C38H29F. The Morgan fingerprint density at radius 3 is 1.85 bits per heavy atom. The van der Waals surface area contributed by atoms with Crippen LogP contribution in [0.3, 0.4) is 0 Å². The molecule has 7 rings (SSSR count). The minimum atomic E-state index is -0.204. The Balaban J connectivity index is 1.58. The van der Waals surface area contributed by atoms with E-state index >= 15 is 4.39 Å². The van der Waals surface area contributed by atoms with Gasteiger partial charge >= 0.3 is 0 Å². The molecule has 0 saturated heterocycles. The van der Waals surface area contributed by atoms with E-state index < -0.39 is 0 Å². The number of benzene rings is 6. The molecule has 0 spiro atoms. The van der Waals surface area contributed by atoms with E-state index in [9.17, 15) is 0 Å². The maximum Gasteiger partial charge on any atom is 0.132 e. The maximum atomic E-state index is 16.6. The van der Waals surface area contributed by atoms with Crippen LogP contribution in [-0.4, -0.2) is 0 Å². The third kappa shape index (κ3) is 3.65. The molecule has 0 aromatic heterocycles. The minimum Gasteiger partial charge on any atom is -0.206 e. The molecule has 1 aliphatic carbocycles. The van der Waals surface area contributed by atoms with Gasteiger partial charge in [0.1, 0.15) is 5.82 Å². The van der Waals surface area contributed by atoms with Crippen LogP contribution in [0.2, 0.25) is 0 Å². The zero-order valence-corrected chi connectivity index (χ0v) is 22.4. The monoisotopic (exact) mass is 504 g/mol. The predicted octanol–water partition coefficient (Wildman–Crippen LogP) is 10.6. The van der Waals surface area contributed by atoms with Crippen LogP contribution in [0.4, 0.5) is 4.39 Å². The molecule has 0 fully saturated rings. The normalized spacial score (nSPS) is 13.3. The number of fused-ring (bicyclic) bond motifs is 5. The van der Waals surface area contributed by atoms with Crippen molar-refractivity contribution in [2.24, 2.45) is 0 Å². The van der Waals surface area contributed by atoms with Crippen LogP contribution < -0.4 is 0 Å². The molecule has 188 valence electrons. The van der Waals surface area contributed by atoms with Crippen molar-refractivity contribution < 1.29 is 4.39 Å². The van der Waals surface area contributed by atoms with E-state index in [-0.39, 0.29) is 11.2 Å². The van der Waals surface area contributed by atoms with Crippen molar-refractivity contribution in [3.63, 3.8) is 0 Å². The highest BCUT2D eigenvalue weighted by atomic mass is 19.1. The van der Waals surface area contributed by atoms with Gasteiger partial charge in [-0.1, -0.05) is 123 Å². The zero-order valence-electron chi connectivity index (χ0n) is 22.4. The lowest BCUT2D eigenvalue weighted by Gasteiger charge is -2.24. The fraction of sp³-hybridized carbons (Fsp3) is 0.105. The van der Waals surface area contributed by atoms with Crippen molar-refractivity contribution in [3.05, 3.63) is 144 Å². The molecule has 0 saturated carbocycles. The molecular weight excluding hydrogens is 475 g/mol. The lowest BCUT2D eigenvalue weighted by molar-refractivity contribution is 0.632. The van der Waals surface area contributed by atoms with Gasteiger partial charge in [-0.3, -0.25) is 0 Å². The summed E-state index contributed by atoms with van der Waals surface area (Å²) in [6.07, 6.45) is 0. The summed E-state index contributed by atoms with van der Waals surface area (Å²) in [4.78, 5) is 0. The molecule has 39 heavy (non-hydrogen) atoms. The van der Waals surface area contributed by atoms with Crippen molar-refractivity contribution >= 4 is 10.8 Å². The van der Waals surface area contributed by atoms with Gasteiger partial charge in [0.15, 0.2) is 0 Å². The molecule has 0 unspecified atom stereocenters. The van der Waals surface area contributed by atoms with Crippen molar-refractivity contribution in [2.45, 2.75) is 26.2 Å². The first kappa shape index (κ1) is 23.6. The quantitative estimate of drug-likeness (QED) is 0.225. The standard InChI is InChI=1S/C38H29F/c1-24-18-19-30-33(20-24)38(2,3)34-23-32(28-16-10-11-17-29(28)36(30)34)37-31(26-14-8-5-9-15-26)21-27(22-35(37)39)25-12-6-4-7-13-25/h4-23H,1-3H3. The Morgan fingerprint density at radius 1 is 0.487 bits per heavy atom. The first-order chi connectivity index (χ1) is 18.9. The number of hydrogen-bond donors (Lipinski definition) is 0. The molecule has 0 radical (unpaired) electrons. The van der Waals surface area contributed by atoms with Gasteiger partial charge in [0.25, 0.3) is 0 Å². The second-order valence-corrected chi connectivity index (χ2v) is 11.2. The van der Waals surface area contributed by atoms with E-state index in [4.69, 9.17) is 0 Å². The Hall–Kier alpha value is -4.49. The molecule has 0 aliphatic heterocycles. The zero-order chi connectivity index (χ0) is 26.7. The van der Waals surface area contributed by atoms with Crippen LogP contribution in [0.1, 0.15) is 30.5 Å². The van der Waals surface area contributed by atoms with E-state index in [1.165, 1.54) is 33.2 Å². The Morgan fingerprint density at radius 2 is 1.13 bits per heavy atom. The summed E-state index contributed by atoms with van der Waals surface area (Å²) >= 11 is 0. The van der Waals surface area contributed by atoms with Gasteiger partial charge in [-0.25, -0.2) is 4.39 Å². The van der Waals surface area contributed by atoms with Crippen LogP contribution >= 0.6 is 0 Å². The van der Waals surface area contributed by atoms with Gasteiger partial charge < -0.3 is 0 Å². The number of rotatable bonds is 3. The average molecular weight is 505 g/mol. The molecule has 1 heteroatoms. The highest BCUT2D eigenvalue weighted by molar-refractivity contribution is 6.10. The molecule has 6 aromatic rings. The van der Waals surface area contributed by atoms with Crippen molar-refractivity contribution in [1.82, 2.24) is 0 Å². The molecule has 0 N–H and O–H groups in total. The maximum absolute atomic E-state index is 16.6. The molecule has 0 heterocycles. The molecule has 0 nitrogen and oxygen atoms in total. The topological polar surface area (TPSA) is 0 Å². The summed E-state index contributed by atoms with van der Waals surface area (Å²) in [7, 11) is 0. The second kappa shape index (κ2) is 8.78.